The molecule has 5 rings (SSSR count). The number of rotatable bonds is 13. The molecule has 0 aromatic heterocycles. The van der Waals surface area contributed by atoms with Gasteiger partial charge in [-0.15, -0.1) is 0 Å². The molecule has 4 fully saturated rings. The second kappa shape index (κ2) is 13.2. The molecule has 6 nitrogen and oxygen atoms in total. The minimum atomic E-state index is -0.170. The van der Waals surface area contributed by atoms with Gasteiger partial charge < -0.3 is 9.47 Å². The number of fused-ring (bicyclic) bond motifs is 5. The molecule has 5 aliphatic rings. The standard InChI is InChI=1S/C33H57NO5/c1-6-8-19-36-23-28(22-34-18-15-27(21-34)35-5)38-39-37-26-13-16-33(4)25(20-26)9-11-29-30-12-10-24(7-2)32(30,3)17-14-31(29)33/h9,24,26-31H,6-8,10-23H2,1-5H3/t24?,26-,27?,28?,29-,30-,31-,32+,33-/m0/s1. The van der Waals surface area contributed by atoms with Crippen molar-refractivity contribution in [1.29, 1.82) is 0 Å². The number of nitrogens with zero attached hydrogens (tertiary/aromatic N) is 1. The molecule has 6 heteroatoms. The number of unbranched alkanes of at least 4 members (excludes halogenated alkanes) is 1. The van der Waals surface area contributed by atoms with Gasteiger partial charge in [-0.1, -0.05) is 57.2 Å². The molecular weight excluding hydrogens is 490 g/mol. The Hall–Kier alpha value is -0.500. The maximum atomic E-state index is 5.93. The van der Waals surface area contributed by atoms with Crippen LogP contribution in [-0.2, 0) is 24.3 Å². The Bertz CT molecular complexity index is 820. The molecule has 1 aliphatic heterocycles. The number of hydrogen-bond acceptors (Lipinski definition) is 6. The van der Waals surface area contributed by atoms with E-state index in [0.29, 0.717) is 23.5 Å². The Morgan fingerprint density at radius 3 is 2.67 bits per heavy atom. The Morgan fingerprint density at radius 1 is 1.03 bits per heavy atom. The molecular formula is C33H57NO5. The average Bonchev–Trinajstić information content (AvgIpc) is 3.54. The van der Waals surface area contributed by atoms with Crippen LogP contribution in [0.4, 0.5) is 0 Å². The minimum Gasteiger partial charge on any atom is -0.380 e. The van der Waals surface area contributed by atoms with Crippen LogP contribution in [0.2, 0.25) is 0 Å². The van der Waals surface area contributed by atoms with Crippen LogP contribution < -0.4 is 0 Å². The minimum absolute atomic E-state index is 0.0667. The maximum Gasteiger partial charge on any atom is 0.132 e. The quantitative estimate of drug-likeness (QED) is 0.106. The number of methoxy groups -OCH3 is 1. The largest absolute Gasteiger partial charge is 0.380 e. The van der Waals surface area contributed by atoms with Crippen LogP contribution in [0.15, 0.2) is 11.6 Å². The maximum absolute atomic E-state index is 5.93. The molecule has 0 N–H and O–H groups in total. The zero-order valence-electron chi connectivity index (χ0n) is 25.6. The van der Waals surface area contributed by atoms with Gasteiger partial charge in [0.05, 0.1) is 18.8 Å². The first kappa shape index (κ1) is 30.0. The second-order valence-electron chi connectivity index (χ2n) is 14.1. The van der Waals surface area contributed by atoms with E-state index in [2.05, 4.69) is 38.7 Å². The van der Waals surface area contributed by atoms with Gasteiger partial charge in [0, 0.05) is 33.4 Å². The Morgan fingerprint density at radius 2 is 1.90 bits per heavy atom. The number of hydrogen-bond donors (Lipinski definition) is 0. The highest BCUT2D eigenvalue weighted by atomic mass is 17.5. The zero-order valence-corrected chi connectivity index (χ0v) is 25.6. The summed E-state index contributed by atoms with van der Waals surface area (Å²) in [6, 6.07) is 0. The van der Waals surface area contributed by atoms with Crippen molar-refractivity contribution in [1.82, 2.24) is 4.90 Å². The summed E-state index contributed by atoms with van der Waals surface area (Å²) >= 11 is 0. The summed E-state index contributed by atoms with van der Waals surface area (Å²) < 4.78 is 11.4. The summed E-state index contributed by atoms with van der Waals surface area (Å²) in [4.78, 5) is 14.1. The zero-order chi connectivity index (χ0) is 27.5. The number of likely N-dealkylation sites (tertiary alicyclic amines) is 1. The first-order chi connectivity index (χ1) is 18.9. The van der Waals surface area contributed by atoms with E-state index in [-0.39, 0.29) is 12.2 Å². The van der Waals surface area contributed by atoms with E-state index in [0.717, 1.165) is 82.0 Å². The third kappa shape index (κ3) is 6.32. The lowest BCUT2D eigenvalue weighted by molar-refractivity contribution is -0.541. The van der Waals surface area contributed by atoms with Crippen LogP contribution >= 0.6 is 0 Å². The fourth-order valence-corrected chi connectivity index (χ4v) is 9.64. The summed E-state index contributed by atoms with van der Waals surface area (Å²) in [7, 11) is 1.80. The van der Waals surface area contributed by atoms with E-state index < -0.39 is 0 Å². The predicted molar refractivity (Wildman–Crippen MR) is 154 cm³/mol. The predicted octanol–water partition coefficient (Wildman–Crippen LogP) is 7.13. The van der Waals surface area contributed by atoms with Crippen LogP contribution in [0.3, 0.4) is 0 Å². The van der Waals surface area contributed by atoms with Crippen LogP contribution in [0.25, 0.3) is 0 Å². The van der Waals surface area contributed by atoms with E-state index >= 15 is 0 Å². The van der Waals surface area contributed by atoms with Gasteiger partial charge in [0.1, 0.15) is 6.10 Å². The molecule has 4 aliphatic carbocycles. The van der Waals surface area contributed by atoms with Gasteiger partial charge in [0.15, 0.2) is 0 Å². The third-order valence-electron chi connectivity index (χ3n) is 12.1. The van der Waals surface area contributed by atoms with Crippen LogP contribution in [0.1, 0.15) is 105 Å². The summed E-state index contributed by atoms with van der Waals surface area (Å²) in [6.07, 6.45) is 17.7. The fourth-order valence-electron chi connectivity index (χ4n) is 9.64. The Balaban J connectivity index is 1.13. The van der Waals surface area contributed by atoms with Crippen molar-refractivity contribution in [2.24, 2.45) is 34.5 Å². The summed E-state index contributed by atoms with van der Waals surface area (Å²) in [5, 5.41) is 5.50. The number of allylic oxidation sites excluding steroid dienone is 1. The van der Waals surface area contributed by atoms with Gasteiger partial charge in [-0.05, 0) is 98.7 Å². The lowest BCUT2D eigenvalue weighted by Gasteiger charge is -2.58. The Labute approximate surface area is 238 Å². The molecule has 39 heavy (non-hydrogen) atoms. The monoisotopic (exact) mass is 547 g/mol. The summed E-state index contributed by atoms with van der Waals surface area (Å²) in [6.45, 7) is 13.8. The molecule has 9 atom stereocenters. The molecule has 1 heterocycles. The highest BCUT2D eigenvalue weighted by molar-refractivity contribution is 5.25. The van der Waals surface area contributed by atoms with E-state index in [1.54, 1.807) is 12.7 Å². The molecule has 224 valence electrons. The van der Waals surface area contributed by atoms with Crippen molar-refractivity contribution in [2.45, 2.75) is 123 Å². The molecule has 3 unspecified atom stereocenters. The van der Waals surface area contributed by atoms with Gasteiger partial charge in [-0.25, -0.2) is 4.89 Å². The first-order valence-electron chi connectivity index (χ1n) is 16.4. The molecule has 0 radical (unpaired) electrons. The topological polar surface area (TPSA) is 49.4 Å². The molecule has 3 saturated carbocycles. The number of ether oxygens (including phenoxy) is 2. The highest BCUT2D eigenvalue weighted by Gasteiger charge is 2.58. The molecule has 1 saturated heterocycles. The lowest BCUT2D eigenvalue weighted by atomic mass is 9.47. The van der Waals surface area contributed by atoms with Crippen LogP contribution in [0, 0.1) is 34.5 Å². The van der Waals surface area contributed by atoms with E-state index in [1.165, 1.54) is 44.9 Å². The second-order valence-corrected chi connectivity index (χ2v) is 14.1. The molecule has 0 amide bonds. The normalized spacial score (nSPS) is 41.1. The highest BCUT2D eigenvalue weighted by Crippen LogP contribution is 2.66. The SMILES string of the molecule is CCCCOCC(CN1CCC(OC)C1)OOO[C@H]1CC[C@@]2(C)C(=CC[C@@H]3[C@@H]2CC[C@]2(C)C(CC)CC[C@@H]32)C1. The van der Waals surface area contributed by atoms with E-state index in [9.17, 15) is 0 Å². The molecule has 0 aromatic carbocycles. The van der Waals surface area contributed by atoms with Crippen molar-refractivity contribution in [3.05, 3.63) is 11.6 Å². The lowest BCUT2D eigenvalue weighted by Crippen LogP contribution is -2.50. The van der Waals surface area contributed by atoms with Crippen LogP contribution in [-0.4, -0.2) is 63.2 Å². The molecule has 0 aromatic rings. The van der Waals surface area contributed by atoms with Gasteiger partial charge >= 0.3 is 0 Å². The molecule has 0 bridgehead atoms. The van der Waals surface area contributed by atoms with E-state index in [1.807, 2.05) is 0 Å². The van der Waals surface area contributed by atoms with Crippen molar-refractivity contribution in [3.63, 3.8) is 0 Å². The smallest absolute Gasteiger partial charge is 0.132 e. The van der Waals surface area contributed by atoms with Crippen molar-refractivity contribution in [2.75, 3.05) is 40.0 Å². The Kier molecular flexibility index (Phi) is 10.2. The molecule has 0 spiro atoms. The third-order valence-corrected chi connectivity index (χ3v) is 12.1. The summed E-state index contributed by atoms with van der Waals surface area (Å²) in [5.74, 6) is 3.58. The van der Waals surface area contributed by atoms with Gasteiger partial charge in [0.2, 0.25) is 0 Å². The van der Waals surface area contributed by atoms with Crippen LogP contribution in [0.5, 0.6) is 0 Å². The van der Waals surface area contributed by atoms with E-state index in [4.69, 9.17) is 24.3 Å². The van der Waals surface area contributed by atoms with Gasteiger partial charge in [-0.3, -0.25) is 4.90 Å². The van der Waals surface area contributed by atoms with Gasteiger partial charge in [0.25, 0.3) is 0 Å². The average molecular weight is 548 g/mol. The van der Waals surface area contributed by atoms with Crippen molar-refractivity contribution in [3.8, 4) is 0 Å². The van der Waals surface area contributed by atoms with Crippen molar-refractivity contribution < 1.29 is 24.3 Å². The summed E-state index contributed by atoms with van der Waals surface area (Å²) in [5.41, 5.74) is 2.54. The fraction of sp³-hybridized carbons (Fsp3) is 0.939. The first-order valence-corrected chi connectivity index (χ1v) is 16.4. The van der Waals surface area contributed by atoms with Crippen molar-refractivity contribution >= 4 is 0 Å². The van der Waals surface area contributed by atoms with Gasteiger partial charge in [-0.2, -0.15) is 4.89 Å².